The summed E-state index contributed by atoms with van der Waals surface area (Å²) >= 11 is 0. The summed E-state index contributed by atoms with van der Waals surface area (Å²) in [6.07, 6.45) is 1.45. The van der Waals surface area contributed by atoms with Crippen molar-refractivity contribution in [1.82, 2.24) is 24.6 Å². The number of hydrogen-bond donors (Lipinski definition) is 1. The van der Waals surface area contributed by atoms with Crippen molar-refractivity contribution in [2.45, 2.75) is 52.7 Å². The van der Waals surface area contributed by atoms with Crippen molar-refractivity contribution in [2.24, 2.45) is 0 Å². The van der Waals surface area contributed by atoms with E-state index in [1.807, 2.05) is 20.8 Å². The van der Waals surface area contributed by atoms with E-state index >= 15 is 0 Å². The highest BCUT2D eigenvalue weighted by molar-refractivity contribution is 5.76. The quantitative estimate of drug-likeness (QED) is 0.710. The largest absolute Gasteiger partial charge is 0.352 e. The van der Waals surface area contributed by atoms with Crippen molar-refractivity contribution < 1.29 is 13.6 Å². The molecule has 1 N–H and O–H groups in total. The maximum Gasteiger partial charge on any atom is 0.264 e. The van der Waals surface area contributed by atoms with E-state index in [2.05, 4.69) is 15.4 Å². The van der Waals surface area contributed by atoms with E-state index in [9.17, 15) is 18.4 Å². The van der Waals surface area contributed by atoms with Gasteiger partial charge in [-0.05, 0) is 39.8 Å². The highest BCUT2D eigenvalue weighted by Gasteiger charge is 2.21. The molecule has 0 unspecified atom stereocenters. The number of carbonyl (C=O) groups is 1. The lowest BCUT2D eigenvalue weighted by Gasteiger charge is -2.20. The van der Waals surface area contributed by atoms with Crippen molar-refractivity contribution in [3.8, 4) is 0 Å². The van der Waals surface area contributed by atoms with Crippen LogP contribution in [-0.2, 0) is 23.4 Å². The number of aryl methyl sites for hydroxylation is 1. The molecule has 0 aliphatic heterocycles. The Morgan fingerprint density at radius 2 is 1.86 bits per heavy atom. The first kappa shape index (κ1) is 20.6. The van der Waals surface area contributed by atoms with Gasteiger partial charge < -0.3 is 5.32 Å². The molecule has 2 heterocycles. The second-order valence-electron chi connectivity index (χ2n) is 7.81. The zero-order chi connectivity index (χ0) is 21.3. The zero-order valence-corrected chi connectivity index (χ0v) is 16.8. The van der Waals surface area contributed by atoms with E-state index in [1.165, 1.54) is 16.8 Å². The molecule has 0 saturated heterocycles. The summed E-state index contributed by atoms with van der Waals surface area (Å²) in [6, 6.07) is 3.52. The monoisotopic (exact) mass is 403 g/mol. The molecule has 0 atom stereocenters. The highest BCUT2D eigenvalue weighted by Crippen LogP contribution is 2.18. The molecule has 0 bridgehead atoms. The number of rotatable bonds is 5. The third kappa shape index (κ3) is 4.18. The van der Waals surface area contributed by atoms with Gasteiger partial charge in [-0.15, -0.1) is 0 Å². The van der Waals surface area contributed by atoms with Gasteiger partial charge in [0.15, 0.2) is 5.65 Å². The van der Waals surface area contributed by atoms with Crippen molar-refractivity contribution >= 4 is 16.9 Å². The maximum absolute atomic E-state index is 13.6. The molecule has 9 heteroatoms. The van der Waals surface area contributed by atoms with Crippen LogP contribution in [0.1, 0.15) is 38.6 Å². The van der Waals surface area contributed by atoms with Crippen molar-refractivity contribution in [1.29, 1.82) is 0 Å². The Balaban J connectivity index is 1.74. The van der Waals surface area contributed by atoms with Crippen molar-refractivity contribution in [3.63, 3.8) is 0 Å². The van der Waals surface area contributed by atoms with E-state index in [4.69, 9.17) is 0 Å². The first-order valence-corrected chi connectivity index (χ1v) is 9.25. The van der Waals surface area contributed by atoms with E-state index < -0.39 is 17.5 Å². The van der Waals surface area contributed by atoms with E-state index in [-0.39, 0.29) is 36.2 Å². The molecule has 1 aromatic carbocycles. The summed E-state index contributed by atoms with van der Waals surface area (Å²) in [7, 11) is 0. The Kier molecular flexibility index (Phi) is 5.50. The van der Waals surface area contributed by atoms with Crippen LogP contribution >= 0.6 is 0 Å². The first-order valence-electron chi connectivity index (χ1n) is 9.25. The fraction of sp³-hybridized carbons (Fsp3) is 0.400. The summed E-state index contributed by atoms with van der Waals surface area (Å²) in [5.41, 5.74) is -0.319. The molecule has 154 valence electrons. The standard InChI is InChI=1S/C20H23F2N5O2/c1-12-25-18-14(11-24-27(18)20(2,3)4)19(29)26(12)9-8-17(28)23-10-13-15(21)6-5-7-16(13)22/h5-7,11H,8-10H2,1-4H3,(H,23,28). The molecule has 0 radical (unpaired) electrons. The summed E-state index contributed by atoms with van der Waals surface area (Å²) in [5, 5.41) is 7.13. The zero-order valence-electron chi connectivity index (χ0n) is 16.8. The Bertz CT molecular complexity index is 1110. The number of fused-ring (bicyclic) bond motifs is 1. The molecule has 0 aliphatic carbocycles. The lowest BCUT2D eigenvalue weighted by Crippen LogP contribution is -2.30. The molecule has 0 spiro atoms. The van der Waals surface area contributed by atoms with Gasteiger partial charge in [-0.25, -0.2) is 18.4 Å². The van der Waals surface area contributed by atoms with Crippen LogP contribution in [-0.4, -0.2) is 25.2 Å². The molecular weight excluding hydrogens is 380 g/mol. The van der Waals surface area contributed by atoms with Crippen LogP contribution in [0.3, 0.4) is 0 Å². The fourth-order valence-corrected chi connectivity index (χ4v) is 3.05. The molecule has 0 aliphatic rings. The van der Waals surface area contributed by atoms with E-state index in [0.29, 0.717) is 16.9 Å². The lowest BCUT2D eigenvalue weighted by molar-refractivity contribution is -0.121. The van der Waals surface area contributed by atoms with Gasteiger partial charge in [0.2, 0.25) is 5.91 Å². The number of benzene rings is 1. The Labute approximate surface area is 166 Å². The van der Waals surface area contributed by atoms with Gasteiger partial charge in [0.1, 0.15) is 22.8 Å². The Morgan fingerprint density at radius 1 is 1.21 bits per heavy atom. The average Bonchev–Trinajstić information content (AvgIpc) is 3.05. The summed E-state index contributed by atoms with van der Waals surface area (Å²) in [4.78, 5) is 29.4. The minimum atomic E-state index is -0.720. The Hall–Kier alpha value is -3.10. The molecule has 3 rings (SSSR count). The molecule has 0 fully saturated rings. The van der Waals surface area contributed by atoms with E-state index in [1.54, 1.807) is 11.6 Å². The van der Waals surface area contributed by atoms with E-state index in [0.717, 1.165) is 12.1 Å². The molecule has 29 heavy (non-hydrogen) atoms. The van der Waals surface area contributed by atoms with Gasteiger partial charge in [0.25, 0.3) is 5.56 Å². The number of halogens is 2. The summed E-state index contributed by atoms with van der Waals surface area (Å²) < 4.78 is 30.4. The van der Waals surface area contributed by atoms with Gasteiger partial charge in [0.05, 0.1) is 11.7 Å². The normalized spacial score (nSPS) is 11.8. The molecule has 0 saturated carbocycles. The highest BCUT2D eigenvalue weighted by atomic mass is 19.1. The van der Waals surface area contributed by atoms with Crippen LogP contribution in [0.25, 0.3) is 11.0 Å². The molecule has 3 aromatic rings. The van der Waals surface area contributed by atoms with Crippen molar-refractivity contribution in [3.05, 3.63) is 57.8 Å². The SMILES string of the molecule is Cc1nc2c(cnn2C(C)(C)C)c(=O)n1CCC(=O)NCc1c(F)cccc1F. The lowest BCUT2D eigenvalue weighted by atomic mass is 10.1. The Morgan fingerprint density at radius 3 is 2.48 bits per heavy atom. The number of hydrogen-bond acceptors (Lipinski definition) is 4. The van der Waals surface area contributed by atoms with Crippen molar-refractivity contribution in [2.75, 3.05) is 0 Å². The maximum atomic E-state index is 13.6. The first-order chi connectivity index (χ1) is 13.6. The third-order valence-electron chi connectivity index (χ3n) is 4.60. The van der Waals surface area contributed by atoms with Gasteiger partial charge >= 0.3 is 0 Å². The minimum absolute atomic E-state index is 0.0303. The molecule has 7 nitrogen and oxygen atoms in total. The number of amides is 1. The molecular formula is C20H23F2N5O2. The minimum Gasteiger partial charge on any atom is -0.352 e. The topological polar surface area (TPSA) is 81.8 Å². The predicted molar refractivity (Wildman–Crippen MR) is 104 cm³/mol. The van der Waals surface area contributed by atoms with Crippen LogP contribution in [0.2, 0.25) is 0 Å². The van der Waals surface area contributed by atoms with Crippen LogP contribution in [0.15, 0.2) is 29.2 Å². The number of carbonyl (C=O) groups excluding carboxylic acids is 1. The summed E-state index contributed by atoms with van der Waals surface area (Å²) in [5.74, 6) is -1.41. The average molecular weight is 403 g/mol. The van der Waals surface area contributed by atoms with Gasteiger partial charge in [-0.1, -0.05) is 6.07 Å². The number of nitrogens with one attached hydrogen (secondary N) is 1. The second-order valence-corrected chi connectivity index (χ2v) is 7.81. The predicted octanol–water partition coefficient (Wildman–Crippen LogP) is 2.64. The number of nitrogens with zero attached hydrogens (tertiary/aromatic N) is 4. The van der Waals surface area contributed by atoms with Gasteiger partial charge in [-0.3, -0.25) is 14.2 Å². The van der Waals surface area contributed by atoms with Gasteiger partial charge in [0, 0.05) is 25.1 Å². The van der Waals surface area contributed by atoms with Crippen LogP contribution in [0.4, 0.5) is 8.78 Å². The van der Waals surface area contributed by atoms with Crippen LogP contribution in [0, 0.1) is 18.6 Å². The van der Waals surface area contributed by atoms with Crippen LogP contribution < -0.4 is 10.9 Å². The third-order valence-corrected chi connectivity index (χ3v) is 4.60. The number of aromatic nitrogens is 4. The molecule has 2 aromatic heterocycles. The second kappa shape index (κ2) is 7.73. The van der Waals surface area contributed by atoms with Gasteiger partial charge in [-0.2, -0.15) is 5.10 Å². The van der Waals surface area contributed by atoms with Crippen LogP contribution in [0.5, 0.6) is 0 Å². The fourth-order valence-electron chi connectivity index (χ4n) is 3.05. The summed E-state index contributed by atoms with van der Waals surface area (Å²) in [6.45, 7) is 7.41. The molecule has 1 amide bonds. The smallest absolute Gasteiger partial charge is 0.264 e.